The van der Waals surface area contributed by atoms with Gasteiger partial charge < -0.3 is 40.4 Å². The normalized spacial score (nSPS) is 20.2. The highest BCUT2D eigenvalue weighted by molar-refractivity contribution is 9.11. The Balaban J connectivity index is 1.08. The van der Waals surface area contributed by atoms with E-state index in [2.05, 4.69) is 42.5 Å². The monoisotopic (exact) mass is 788 g/mol. The van der Waals surface area contributed by atoms with Gasteiger partial charge in [-0.15, -0.1) is 0 Å². The molecular weight excluding hydrogens is 748 g/mol. The maximum absolute atomic E-state index is 14.1. The SMILES string of the molecule is O=C(O)N1CCC(C2CCN(C(=O)[C@H](Cc3cc(Br)c(O)c(Br)c3)NC(=O)N3CCC(N4Cc5ccccc5NC4=O)CC3)CC2)CC1. The number of carbonyl (C=O) groups excluding carboxylic acids is 3. The molecule has 48 heavy (non-hydrogen) atoms. The molecule has 2 aromatic rings. The first-order valence-electron chi connectivity index (χ1n) is 16.7. The summed E-state index contributed by atoms with van der Waals surface area (Å²) in [6.45, 7) is 3.75. The number of nitrogens with one attached hydrogen (secondary N) is 2. The number of benzene rings is 2. The number of fused-ring (bicyclic) bond motifs is 1. The minimum Gasteiger partial charge on any atom is -0.506 e. The first kappa shape index (κ1) is 34.3. The molecule has 4 N–H and O–H groups in total. The van der Waals surface area contributed by atoms with E-state index in [9.17, 15) is 29.4 Å². The first-order valence-corrected chi connectivity index (χ1v) is 18.3. The van der Waals surface area contributed by atoms with Crippen molar-refractivity contribution in [2.45, 2.75) is 63.6 Å². The third-order valence-corrected chi connectivity index (χ3v) is 11.7. The summed E-state index contributed by atoms with van der Waals surface area (Å²) < 4.78 is 0.983. The van der Waals surface area contributed by atoms with Gasteiger partial charge >= 0.3 is 18.2 Å². The van der Waals surface area contributed by atoms with Crippen LogP contribution < -0.4 is 10.6 Å². The van der Waals surface area contributed by atoms with Crippen molar-refractivity contribution < 1.29 is 29.4 Å². The van der Waals surface area contributed by atoms with Crippen LogP contribution in [0.5, 0.6) is 5.75 Å². The highest BCUT2D eigenvalue weighted by Crippen LogP contribution is 2.35. The molecule has 12 nitrogen and oxygen atoms in total. The van der Waals surface area contributed by atoms with Gasteiger partial charge in [-0.1, -0.05) is 18.2 Å². The van der Waals surface area contributed by atoms with Gasteiger partial charge in [0.15, 0.2) is 0 Å². The summed E-state index contributed by atoms with van der Waals surface area (Å²) >= 11 is 6.77. The molecule has 0 unspecified atom stereocenters. The molecule has 14 heteroatoms. The Hall–Kier alpha value is -3.52. The maximum atomic E-state index is 14.1. The van der Waals surface area contributed by atoms with Crippen molar-refractivity contribution in [2.75, 3.05) is 44.6 Å². The van der Waals surface area contributed by atoms with Crippen LogP contribution in [-0.4, -0.2) is 105 Å². The second-order valence-corrected chi connectivity index (χ2v) is 15.0. The lowest BCUT2D eigenvalue weighted by atomic mass is 9.78. The minimum atomic E-state index is -0.862. The zero-order chi connectivity index (χ0) is 33.9. The Morgan fingerprint density at radius 1 is 0.854 bits per heavy atom. The van der Waals surface area contributed by atoms with Gasteiger partial charge in [0.25, 0.3) is 0 Å². The van der Waals surface area contributed by atoms with Crippen molar-refractivity contribution in [3.63, 3.8) is 0 Å². The fraction of sp³-hybridized carbons (Fsp3) is 0.529. The average Bonchev–Trinajstić information content (AvgIpc) is 3.10. The molecule has 0 bridgehead atoms. The van der Waals surface area contributed by atoms with Crippen LogP contribution in [0.4, 0.5) is 20.1 Å². The van der Waals surface area contributed by atoms with Gasteiger partial charge in [0, 0.05) is 64.0 Å². The van der Waals surface area contributed by atoms with Crippen LogP contribution in [0.15, 0.2) is 45.3 Å². The highest BCUT2D eigenvalue weighted by atomic mass is 79.9. The third kappa shape index (κ3) is 7.69. The number of anilines is 1. The molecule has 4 aliphatic rings. The second kappa shape index (κ2) is 14.9. The number of halogens is 2. The summed E-state index contributed by atoms with van der Waals surface area (Å²) in [5.74, 6) is 0.824. The quantitative estimate of drug-likeness (QED) is 0.297. The van der Waals surface area contributed by atoms with E-state index in [1.165, 1.54) is 4.90 Å². The van der Waals surface area contributed by atoms with E-state index in [1.807, 2.05) is 34.1 Å². The number of phenolic OH excluding ortho intramolecular Hbond substituents is 1. The smallest absolute Gasteiger partial charge is 0.407 e. The fourth-order valence-electron chi connectivity index (χ4n) is 7.68. The number of hydrogen-bond acceptors (Lipinski definition) is 5. The Morgan fingerprint density at radius 3 is 2.02 bits per heavy atom. The van der Waals surface area contributed by atoms with Gasteiger partial charge in [-0.3, -0.25) is 4.79 Å². The summed E-state index contributed by atoms with van der Waals surface area (Å²) in [5, 5.41) is 25.6. The van der Waals surface area contributed by atoms with Crippen LogP contribution in [0.3, 0.4) is 0 Å². The van der Waals surface area contributed by atoms with Gasteiger partial charge in [0.2, 0.25) is 5.91 Å². The fourth-order valence-corrected chi connectivity index (χ4v) is 8.97. The Labute approximate surface area is 297 Å². The minimum absolute atomic E-state index is 0.00388. The molecule has 0 aromatic heterocycles. The third-order valence-electron chi connectivity index (χ3n) is 10.5. The van der Waals surface area contributed by atoms with E-state index >= 15 is 0 Å². The van der Waals surface area contributed by atoms with Crippen LogP contribution in [-0.2, 0) is 17.8 Å². The van der Waals surface area contributed by atoms with Gasteiger partial charge in [-0.05, 0) is 112 Å². The number of amides is 6. The number of phenols is 1. The zero-order valence-electron chi connectivity index (χ0n) is 26.7. The summed E-state index contributed by atoms with van der Waals surface area (Å²) in [6, 6.07) is 10.1. The average molecular weight is 791 g/mol. The number of rotatable bonds is 6. The summed E-state index contributed by atoms with van der Waals surface area (Å²) in [5.41, 5.74) is 2.68. The molecule has 0 radical (unpaired) electrons. The van der Waals surface area contributed by atoms with E-state index in [1.54, 1.807) is 17.0 Å². The maximum Gasteiger partial charge on any atom is 0.407 e. The molecule has 1 atom stereocenters. The van der Waals surface area contributed by atoms with Crippen LogP contribution in [0, 0.1) is 11.8 Å². The standard InChI is InChI=1S/C34H42Br2N6O6/c35-26-17-21(18-27(36)30(26)43)19-29(31(44)39-11-5-22(6-12-39)23-7-13-41(14-8-23)34(47)48)38-32(45)40-15-9-25(10-16-40)42-20-24-3-1-2-4-28(24)37-33(42)46/h1-4,17-18,22-23,25,29,43H,5-16,19-20H2,(H,37,46)(H,38,45)(H,47,48)/t29-/m0/s1. The molecule has 0 aliphatic carbocycles. The lowest BCUT2D eigenvalue weighted by Crippen LogP contribution is -2.57. The second-order valence-electron chi connectivity index (χ2n) is 13.3. The molecule has 258 valence electrons. The van der Waals surface area contributed by atoms with E-state index in [0.29, 0.717) is 79.4 Å². The molecule has 6 rings (SSSR count). The lowest BCUT2D eigenvalue weighted by Gasteiger charge is -2.41. The predicted octanol–water partition coefficient (Wildman–Crippen LogP) is 5.68. The molecule has 3 fully saturated rings. The number of hydrogen-bond donors (Lipinski definition) is 4. The largest absolute Gasteiger partial charge is 0.506 e. The van der Waals surface area contributed by atoms with E-state index in [4.69, 9.17) is 0 Å². The van der Waals surface area contributed by atoms with Crippen molar-refractivity contribution in [3.8, 4) is 5.75 Å². The van der Waals surface area contributed by atoms with Gasteiger partial charge in [-0.25, -0.2) is 14.4 Å². The van der Waals surface area contributed by atoms with E-state index in [-0.39, 0.29) is 36.2 Å². The van der Waals surface area contributed by atoms with Gasteiger partial charge in [-0.2, -0.15) is 0 Å². The number of aromatic hydroxyl groups is 1. The van der Waals surface area contributed by atoms with Gasteiger partial charge in [0.05, 0.1) is 8.95 Å². The van der Waals surface area contributed by atoms with Gasteiger partial charge in [0.1, 0.15) is 11.8 Å². The summed E-state index contributed by atoms with van der Waals surface area (Å²) in [7, 11) is 0. The molecule has 4 aliphatic heterocycles. The van der Waals surface area contributed by atoms with E-state index < -0.39 is 12.1 Å². The van der Waals surface area contributed by atoms with Crippen molar-refractivity contribution in [2.24, 2.45) is 11.8 Å². The molecule has 0 saturated carbocycles. The number of carboxylic acid groups (broad SMARTS) is 1. The van der Waals surface area contributed by atoms with Crippen molar-refractivity contribution in [3.05, 3.63) is 56.5 Å². The molecule has 3 saturated heterocycles. The number of para-hydroxylation sites is 1. The Bertz CT molecular complexity index is 1510. The number of nitrogens with zero attached hydrogens (tertiary/aromatic N) is 4. The predicted molar refractivity (Wildman–Crippen MR) is 187 cm³/mol. The molecular formula is C34H42Br2N6O6. The van der Waals surface area contributed by atoms with Crippen LogP contribution in [0.2, 0.25) is 0 Å². The molecule has 2 aromatic carbocycles. The topological polar surface area (TPSA) is 146 Å². The van der Waals surface area contributed by atoms with Crippen LogP contribution in [0.25, 0.3) is 0 Å². The molecule has 6 amide bonds. The van der Waals surface area contributed by atoms with E-state index in [0.717, 1.165) is 42.5 Å². The lowest BCUT2D eigenvalue weighted by molar-refractivity contribution is -0.135. The van der Waals surface area contributed by atoms with Crippen molar-refractivity contribution in [1.29, 1.82) is 0 Å². The highest BCUT2D eigenvalue weighted by Gasteiger charge is 2.36. The number of carbonyl (C=O) groups is 4. The zero-order valence-corrected chi connectivity index (χ0v) is 29.9. The Morgan fingerprint density at radius 2 is 1.42 bits per heavy atom. The number of urea groups is 2. The molecule has 0 spiro atoms. The van der Waals surface area contributed by atoms with Crippen LogP contribution in [0.1, 0.15) is 49.7 Å². The number of piperidine rings is 3. The van der Waals surface area contributed by atoms with Crippen molar-refractivity contribution in [1.82, 2.24) is 24.9 Å². The number of likely N-dealkylation sites (tertiary alicyclic amines) is 3. The first-order chi connectivity index (χ1) is 23.1. The summed E-state index contributed by atoms with van der Waals surface area (Å²) in [4.78, 5) is 58.8. The van der Waals surface area contributed by atoms with Crippen molar-refractivity contribution >= 4 is 61.6 Å². The summed E-state index contributed by atoms with van der Waals surface area (Å²) in [6.07, 6.45) is 4.06. The molecule has 4 heterocycles. The van der Waals surface area contributed by atoms with Crippen LogP contribution >= 0.6 is 31.9 Å². The Kier molecular flexibility index (Phi) is 10.7.